The van der Waals surface area contributed by atoms with E-state index in [0.717, 1.165) is 49.8 Å². The minimum Gasteiger partial charge on any atom is -0.323 e. The van der Waals surface area contributed by atoms with Crippen molar-refractivity contribution in [2.24, 2.45) is 5.92 Å². The fraction of sp³-hybridized carbons (Fsp3) is 0.455. The van der Waals surface area contributed by atoms with Crippen LogP contribution >= 0.6 is 27.5 Å². The lowest BCUT2D eigenvalue weighted by atomic mass is 9.68. The minimum atomic E-state index is -4.54. The molecule has 2 N–H and O–H groups in total. The first kappa shape index (κ1) is 24.3. The van der Waals surface area contributed by atoms with Crippen LogP contribution in [-0.4, -0.2) is 38.2 Å². The maximum absolute atomic E-state index is 13.5. The van der Waals surface area contributed by atoms with E-state index >= 15 is 0 Å². The Hall–Kier alpha value is -2.44. The van der Waals surface area contributed by atoms with Gasteiger partial charge in [-0.25, -0.2) is 0 Å². The molecule has 0 radical (unpaired) electrons. The zero-order chi connectivity index (χ0) is 25.1. The molecule has 1 spiro atoms. The van der Waals surface area contributed by atoms with E-state index in [1.807, 2.05) is 0 Å². The first-order chi connectivity index (χ1) is 16.5. The van der Waals surface area contributed by atoms with E-state index in [-0.39, 0.29) is 44.7 Å². The van der Waals surface area contributed by atoms with Crippen LogP contribution in [0.1, 0.15) is 36.6 Å². The second-order valence-corrected chi connectivity index (χ2v) is 10.2. The Morgan fingerprint density at radius 2 is 2.14 bits per heavy atom. The quantitative estimate of drug-likeness (QED) is 0.498. The van der Waals surface area contributed by atoms with Gasteiger partial charge in [-0.1, -0.05) is 18.5 Å². The molecule has 1 fully saturated rings. The van der Waals surface area contributed by atoms with Gasteiger partial charge in [0.05, 0.1) is 16.3 Å². The Morgan fingerprint density at radius 1 is 1.37 bits per heavy atom. The number of rotatable bonds is 3. The molecular weight excluding hydrogens is 553 g/mol. The number of benzene rings is 1. The number of amides is 1. The number of hydrogen-bond acceptors (Lipinski definition) is 5. The second kappa shape index (κ2) is 8.59. The molecule has 2 atom stereocenters. The molecule has 2 aromatic heterocycles. The van der Waals surface area contributed by atoms with Crippen molar-refractivity contribution in [2.75, 3.05) is 18.4 Å². The lowest BCUT2D eigenvalue weighted by Crippen LogP contribution is -2.48. The molecule has 1 aliphatic heterocycles. The number of aromatic nitrogens is 4. The summed E-state index contributed by atoms with van der Waals surface area (Å²) in [7, 11) is 0. The highest BCUT2D eigenvalue weighted by Gasteiger charge is 2.48. The molecule has 35 heavy (non-hydrogen) atoms. The van der Waals surface area contributed by atoms with Crippen molar-refractivity contribution in [3.8, 4) is 0 Å². The van der Waals surface area contributed by atoms with Crippen molar-refractivity contribution in [3.63, 3.8) is 0 Å². The smallest absolute Gasteiger partial charge is 0.323 e. The monoisotopic (exact) mass is 572 g/mol. The number of nitrogens with zero attached hydrogens (tertiary/aromatic N) is 4. The number of hydrogen-bond donors (Lipinski definition) is 2. The van der Waals surface area contributed by atoms with Crippen LogP contribution in [0.4, 0.5) is 18.9 Å². The van der Waals surface area contributed by atoms with Crippen molar-refractivity contribution < 1.29 is 18.0 Å². The Labute approximate surface area is 211 Å². The van der Waals surface area contributed by atoms with Crippen LogP contribution in [0.5, 0.6) is 0 Å². The summed E-state index contributed by atoms with van der Waals surface area (Å²) < 4.78 is 41.9. The molecule has 2 aliphatic rings. The zero-order valence-electron chi connectivity index (χ0n) is 18.5. The number of halogens is 5. The van der Waals surface area contributed by atoms with Crippen molar-refractivity contribution in [3.05, 3.63) is 55.1 Å². The first-order valence-electron chi connectivity index (χ1n) is 11.1. The summed E-state index contributed by atoms with van der Waals surface area (Å²) in [5.41, 5.74) is 0.00210. The fourth-order valence-electron chi connectivity index (χ4n) is 5.41. The van der Waals surface area contributed by atoms with Crippen LogP contribution in [0, 0.1) is 5.92 Å². The second-order valence-electron chi connectivity index (χ2n) is 9.06. The highest BCUT2D eigenvalue weighted by atomic mass is 79.9. The van der Waals surface area contributed by atoms with Gasteiger partial charge >= 0.3 is 6.18 Å². The molecule has 0 bridgehead atoms. The van der Waals surface area contributed by atoms with Crippen LogP contribution in [0.2, 0.25) is 5.02 Å². The molecular formula is C22H21BrClF3N6O2. The highest BCUT2D eigenvalue weighted by molar-refractivity contribution is 9.10. The predicted molar refractivity (Wildman–Crippen MR) is 127 cm³/mol. The molecule has 13 heteroatoms. The SMILES string of the molecule is CC1CNCCC12CCc1c2c(=O)n2nc(Br)nc2n1CC(=O)Nc1ccc(C(F)(F)F)cc1Cl. The van der Waals surface area contributed by atoms with Crippen LogP contribution in [0.3, 0.4) is 0 Å². The van der Waals surface area contributed by atoms with Crippen molar-refractivity contribution in [1.82, 2.24) is 24.5 Å². The average Bonchev–Trinajstić information content (AvgIpc) is 3.36. The van der Waals surface area contributed by atoms with Gasteiger partial charge in [-0.3, -0.25) is 9.59 Å². The van der Waals surface area contributed by atoms with Gasteiger partial charge in [0.25, 0.3) is 5.56 Å². The molecule has 5 rings (SSSR count). The number of carbonyl (C=O) groups is 1. The maximum atomic E-state index is 13.5. The predicted octanol–water partition coefficient (Wildman–Crippen LogP) is 3.78. The van der Waals surface area contributed by atoms with Crippen molar-refractivity contribution in [2.45, 2.75) is 44.3 Å². The van der Waals surface area contributed by atoms with Crippen LogP contribution < -0.4 is 16.2 Å². The molecule has 8 nitrogen and oxygen atoms in total. The van der Waals surface area contributed by atoms with E-state index < -0.39 is 17.6 Å². The highest BCUT2D eigenvalue weighted by Crippen LogP contribution is 2.46. The van der Waals surface area contributed by atoms with E-state index in [2.05, 4.69) is 43.6 Å². The normalized spacial score (nSPS) is 22.1. The van der Waals surface area contributed by atoms with Crippen LogP contribution in [0.25, 0.3) is 5.78 Å². The van der Waals surface area contributed by atoms with Gasteiger partial charge < -0.3 is 15.2 Å². The molecule has 1 amide bonds. The number of nitrogens with one attached hydrogen (secondary N) is 2. The van der Waals surface area contributed by atoms with Crippen molar-refractivity contribution in [1.29, 1.82) is 0 Å². The largest absolute Gasteiger partial charge is 0.416 e. The van der Waals surface area contributed by atoms with E-state index in [1.54, 1.807) is 4.57 Å². The topological polar surface area (TPSA) is 93.3 Å². The fourth-order valence-corrected chi connectivity index (χ4v) is 5.95. The lowest BCUT2D eigenvalue weighted by Gasteiger charge is -2.40. The number of alkyl halides is 3. The molecule has 2 unspecified atom stereocenters. The Kier molecular flexibility index (Phi) is 5.96. The zero-order valence-corrected chi connectivity index (χ0v) is 20.9. The molecule has 3 heterocycles. The Bertz CT molecular complexity index is 1400. The molecule has 1 saturated heterocycles. The van der Waals surface area contributed by atoms with Gasteiger partial charge in [0, 0.05) is 16.7 Å². The van der Waals surface area contributed by atoms with Gasteiger partial charge in [-0.15, -0.1) is 5.10 Å². The molecule has 0 saturated carbocycles. The van der Waals surface area contributed by atoms with Gasteiger partial charge in [-0.05, 0) is 72.4 Å². The standard InChI is InChI=1S/C22H21BrClF3N6O2/c1-11-9-28-7-6-21(11)5-4-15-17(21)18(35)33-20(30-19(23)31-33)32(15)10-16(34)29-14-3-2-12(8-13(14)24)22(25,26)27/h2-3,8,11,28H,4-7,9-10H2,1H3,(H,29,34). The summed E-state index contributed by atoms with van der Waals surface area (Å²) >= 11 is 9.23. The molecule has 186 valence electrons. The third-order valence-corrected chi connectivity index (χ3v) is 7.79. The third-order valence-electron chi connectivity index (χ3n) is 7.15. The van der Waals surface area contributed by atoms with E-state index in [0.29, 0.717) is 12.0 Å². The summed E-state index contributed by atoms with van der Waals surface area (Å²) in [4.78, 5) is 30.9. The van der Waals surface area contributed by atoms with Gasteiger partial charge in [0.15, 0.2) is 0 Å². The molecule has 3 aromatic rings. The van der Waals surface area contributed by atoms with Crippen LogP contribution in [0.15, 0.2) is 27.7 Å². The molecule has 1 aliphatic carbocycles. The minimum absolute atomic E-state index is 0.0597. The maximum Gasteiger partial charge on any atom is 0.416 e. The average molecular weight is 574 g/mol. The van der Waals surface area contributed by atoms with E-state index in [4.69, 9.17) is 11.6 Å². The number of fused-ring (bicyclic) bond motifs is 3. The van der Waals surface area contributed by atoms with E-state index in [1.165, 1.54) is 4.52 Å². The lowest BCUT2D eigenvalue weighted by molar-refractivity contribution is -0.137. The number of carbonyl (C=O) groups excluding carboxylic acids is 1. The summed E-state index contributed by atoms with van der Waals surface area (Å²) in [5.74, 6) is -0.0892. The summed E-state index contributed by atoms with van der Waals surface area (Å²) in [6, 6.07) is 2.74. The number of piperidine rings is 1. The van der Waals surface area contributed by atoms with Crippen LogP contribution in [-0.2, 0) is 29.4 Å². The van der Waals surface area contributed by atoms with Gasteiger partial charge in [-0.2, -0.15) is 22.7 Å². The van der Waals surface area contributed by atoms with Gasteiger partial charge in [0.2, 0.25) is 16.4 Å². The summed E-state index contributed by atoms with van der Waals surface area (Å²) in [6.07, 6.45) is -2.37. The number of anilines is 1. The van der Waals surface area contributed by atoms with Crippen molar-refractivity contribution >= 4 is 44.9 Å². The van der Waals surface area contributed by atoms with E-state index in [9.17, 15) is 22.8 Å². The van der Waals surface area contributed by atoms with Gasteiger partial charge in [0.1, 0.15) is 6.54 Å². The Morgan fingerprint density at radius 3 is 2.83 bits per heavy atom. The Balaban J connectivity index is 1.54. The summed E-state index contributed by atoms with van der Waals surface area (Å²) in [5, 5.41) is 9.93. The summed E-state index contributed by atoms with van der Waals surface area (Å²) in [6.45, 7) is 3.48. The molecule has 1 aromatic carbocycles. The first-order valence-corrected chi connectivity index (χ1v) is 12.2. The third kappa shape index (κ3) is 4.05.